The highest BCUT2D eigenvalue weighted by Crippen LogP contribution is 2.54. The number of halogens is 1. The summed E-state index contributed by atoms with van der Waals surface area (Å²) in [7, 11) is 12.8. The second kappa shape index (κ2) is 32.2. The van der Waals surface area contributed by atoms with Gasteiger partial charge in [-0.25, -0.2) is 14.4 Å². The van der Waals surface area contributed by atoms with E-state index in [1.165, 1.54) is 82.2 Å². The molecule has 6 N–H and O–H groups in total. The monoisotopic (exact) mass is 1190 g/mol. The van der Waals surface area contributed by atoms with Crippen LogP contribution >= 0.6 is 12.4 Å². The number of fused-ring (bicyclic) bond motifs is 2. The SMILES string of the molecule is COC(=O)C(N)C(C)C.COC(=O)C(NC(=O)/C=C/c1ccc(OC)c2c1C(C(=O)NC(C(=O)OC)C(C)C)C(c1ccc(OC)c(OC)c1)O2)C(C)C.COc1ccc(C2Oc3c(OC)cc(/C=C/C(=O)O)cc3C2C(=O)O)cc1OC.Cl. The molecule has 4 aromatic rings. The minimum absolute atomic E-state index is 0. The van der Waals surface area contributed by atoms with Crippen molar-refractivity contribution in [1.82, 2.24) is 10.6 Å². The second-order valence-electron chi connectivity index (χ2n) is 19.6. The number of rotatable bonds is 22. The summed E-state index contributed by atoms with van der Waals surface area (Å²) in [4.78, 5) is 85.4. The number of carbonyl (C=O) groups is 7. The minimum atomic E-state index is -1.11. The average molecular weight is 1190 g/mol. The Labute approximate surface area is 494 Å². The highest BCUT2D eigenvalue weighted by molar-refractivity contribution is 5.97. The highest BCUT2D eigenvalue weighted by atomic mass is 35.5. The molecule has 2 aliphatic rings. The number of hydrogen-bond acceptors (Lipinski definition) is 19. The lowest BCUT2D eigenvalue weighted by atomic mass is 9.86. The smallest absolute Gasteiger partial charge is 0.328 e. The van der Waals surface area contributed by atoms with Crippen molar-refractivity contribution in [1.29, 1.82) is 0 Å². The first-order valence-corrected chi connectivity index (χ1v) is 26.0. The van der Waals surface area contributed by atoms with Gasteiger partial charge in [0.2, 0.25) is 11.8 Å². The molecule has 0 spiro atoms. The molecule has 0 fully saturated rings. The maximum Gasteiger partial charge on any atom is 0.328 e. The normalized spacial score (nSPS) is 16.5. The first kappa shape index (κ1) is 69.6. The van der Waals surface area contributed by atoms with Gasteiger partial charge in [-0.2, -0.15) is 0 Å². The first-order valence-electron chi connectivity index (χ1n) is 26.0. The van der Waals surface area contributed by atoms with Crippen LogP contribution in [0.4, 0.5) is 0 Å². The molecule has 24 heteroatoms. The predicted octanol–water partition coefficient (Wildman–Crippen LogP) is 7.25. The number of esters is 3. The summed E-state index contributed by atoms with van der Waals surface area (Å²) < 4.78 is 59.0. The molecule has 0 radical (unpaired) electrons. The van der Waals surface area contributed by atoms with Crippen LogP contribution in [-0.2, 0) is 47.8 Å². The van der Waals surface area contributed by atoms with E-state index in [2.05, 4.69) is 15.4 Å². The predicted molar refractivity (Wildman–Crippen MR) is 310 cm³/mol. The summed E-state index contributed by atoms with van der Waals surface area (Å²) in [5, 5.41) is 24.3. The summed E-state index contributed by atoms with van der Waals surface area (Å²) in [5.74, 6) is -3.91. The Kier molecular flexibility index (Phi) is 26.7. The van der Waals surface area contributed by atoms with Crippen molar-refractivity contribution in [2.75, 3.05) is 64.0 Å². The van der Waals surface area contributed by atoms with Gasteiger partial charge in [0.15, 0.2) is 46.0 Å². The summed E-state index contributed by atoms with van der Waals surface area (Å²) >= 11 is 0. The molecule has 0 aliphatic carbocycles. The number of amides is 2. The third kappa shape index (κ3) is 17.0. The van der Waals surface area contributed by atoms with Crippen molar-refractivity contribution in [3.63, 3.8) is 0 Å². The molecule has 6 rings (SSSR count). The van der Waals surface area contributed by atoms with E-state index in [4.69, 9.17) is 58.2 Å². The quantitative estimate of drug-likeness (QED) is 0.0294. The van der Waals surface area contributed by atoms with Crippen molar-refractivity contribution in [2.24, 2.45) is 23.5 Å². The van der Waals surface area contributed by atoms with Crippen LogP contribution in [0.15, 0.2) is 72.8 Å². The zero-order valence-corrected chi connectivity index (χ0v) is 50.4. The van der Waals surface area contributed by atoms with Crippen LogP contribution < -0.4 is 54.3 Å². The Balaban J connectivity index is 0.000000403. The van der Waals surface area contributed by atoms with Crippen molar-refractivity contribution >= 4 is 66.2 Å². The fourth-order valence-corrected chi connectivity index (χ4v) is 8.85. The maximum absolute atomic E-state index is 14.2. The number of carbonyl (C=O) groups excluding carboxylic acids is 5. The molecule has 2 aliphatic heterocycles. The van der Waals surface area contributed by atoms with E-state index in [1.54, 1.807) is 88.4 Å². The largest absolute Gasteiger partial charge is 0.493 e. The maximum atomic E-state index is 14.2. The average Bonchev–Trinajstić information content (AvgIpc) is 1.85. The fraction of sp³-hybridized carbons (Fsp3) is 0.417. The molecule has 2 amide bonds. The number of methoxy groups -OCH3 is 9. The Bertz CT molecular complexity index is 3030. The number of aliphatic carboxylic acids is 2. The van der Waals surface area contributed by atoms with Crippen LogP contribution in [0.25, 0.3) is 12.2 Å². The molecule has 84 heavy (non-hydrogen) atoms. The van der Waals surface area contributed by atoms with Gasteiger partial charge in [0.1, 0.15) is 42.2 Å². The van der Waals surface area contributed by atoms with Gasteiger partial charge in [-0.1, -0.05) is 59.7 Å². The second-order valence-corrected chi connectivity index (χ2v) is 19.6. The highest BCUT2D eigenvalue weighted by Gasteiger charge is 2.46. The molecule has 7 atom stereocenters. The van der Waals surface area contributed by atoms with Gasteiger partial charge in [0.05, 0.1) is 64.0 Å². The number of ether oxygens (including phenoxy) is 11. The zero-order chi connectivity index (χ0) is 62.0. The van der Waals surface area contributed by atoms with Crippen molar-refractivity contribution in [3.8, 4) is 46.0 Å². The molecular weight excluding hydrogens is 1120 g/mol. The van der Waals surface area contributed by atoms with E-state index >= 15 is 0 Å². The standard InChI is InChI=1S/C33H42N2O10.C21H20O8.C6H13NO2.ClH/c1-17(2)27(32(38)43-8)34-24(36)15-12-19-10-14-22(41-6)30-25(19)26(31(37)35-28(18(3)4)33(39)44-9)29(45-30)20-11-13-21(40-5)23(16-20)42-7;1-26-14-6-5-12(10-15(14)27-2)19-18(21(24)25)13-8-11(4-7-17(22)23)9-16(28-3)20(13)29-19;1-4(2)5(7)6(8)9-3;/h10-18,26-29H,1-9H3,(H,34,36)(H,35,37);4-10,18-19H,1-3H3,(H,22,23)(H,24,25);4-5H,7H2,1-3H3;1H/b15-12+;7-4+;;. The van der Waals surface area contributed by atoms with Gasteiger partial charge >= 0.3 is 29.8 Å². The Morgan fingerprint density at radius 3 is 1.42 bits per heavy atom. The van der Waals surface area contributed by atoms with E-state index in [-0.39, 0.29) is 36.1 Å². The van der Waals surface area contributed by atoms with Gasteiger partial charge in [-0.05, 0) is 94.6 Å². The van der Waals surface area contributed by atoms with E-state index in [1.807, 2.05) is 13.8 Å². The summed E-state index contributed by atoms with van der Waals surface area (Å²) in [6, 6.07) is 14.5. The number of benzene rings is 4. The van der Waals surface area contributed by atoms with Crippen molar-refractivity contribution in [2.45, 2.75) is 83.7 Å². The molecular formula is C60H76ClN3O20. The van der Waals surface area contributed by atoms with Crippen LogP contribution in [-0.4, -0.2) is 134 Å². The Morgan fingerprint density at radius 1 is 0.524 bits per heavy atom. The lowest BCUT2D eigenvalue weighted by Gasteiger charge is -2.25. The van der Waals surface area contributed by atoms with Crippen molar-refractivity contribution < 1.29 is 95.9 Å². The molecule has 458 valence electrons. The lowest BCUT2D eigenvalue weighted by Crippen LogP contribution is -2.47. The summed E-state index contributed by atoms with van der Waals surface area (Å²) in [6.45, 7) is 10.9. The molecule has 4 aromatic carbocycles. The number of nitrogens with one attached hydrogen (secondary N) is 2. The molecule has 23 nitrogen and oxygen atoms in total. The number of carboxylic acid groups (broad SMARTS) is 2. The van der Waals surface area contributed by atoms with E-state index < -0.39 is 77.9 Å². The molecule has 0 aromatic heterocycles. The van der Waals surface area contributed by atoms with Crippen LogP contribution in [0.3, 0.4) is 0 Å². The minimum Gasteiger partial charge on any atom is -0.493 e. The van der Waals surface area contributed by atoms with Gasteiger partial charge in [0, 0.05) is 23.3 Å². The topological polar surface area (TPSA) is 312 Å². The Hall–Kier alpha value is -8.70. The molecule has 0 bridgehead atoms. The molecule has 2 heterocycles. The Morgan fingerprint density at radius 2 is 0.988 bits per heavy atom. The zero-order valence-electron chi connectivity index (χ0n) is 49.6. The van der Waals surface area contributed by atoms with Crippen LogP contribution in [0.5, 0.6) is 46.0 Å². The molecule has 0 saturated carbocycles. The van der Waals surface area contributed by atoms with E-state index in [0.717, 1.165) is 6.08 Å². The number of carboxylic acids is 2. The molecule has 7 unspecified atom stereocenters. The van der Waals surface area contributed by atoms with Crippen LogP contribution in [0.2, 0.25) is 0 Å². The summed E-state index contributed by atoms with van der Waals surface area (Å²) in [6.07, 6.45) is 3.43. The van der Waals surface area contributed by atoms with Gasteiger partial charge in [-0.3, -0.25) is 19.2 Å². The third-order valence-electron chi connectivity index (χ3n) is 13.4. The summed E-state index contributed by atoms with van der Waals surface area (Å²) in [5.41, 5.74) is 8.41. The fourth-order valence-electron chi connectivity index (χ4n) is 8.85. The number of hydrogen-bond donors (Lipinski definition) is 5. The van der Waals surface area contributed by atoms with E-state index in [0.29, 0.717) is 79.4 Å². The van der Waals surface area contributed by atoms with Crippen LogP contribution in [0.1, 0.15) is 99.0 Å². The van der Waals surface area contributed by atoms with Crippen molar-refractivity contribution in [3.05, 3.63) is 106 Å². The van der Waals surface area contributed by atoms with Gasteiger partial charge in [0.25, 0.3) is 0 Å². The molecule has 0 saturated heterocycles. The van der Waals surface area contributed by atoms with Crippen LogP contribution in [0, 0.1) is 17.8 Å². The van der Waals surface area contributed by atoms with E-state index in [9.17, 15) is 38.7 Å². The third-order valence-corrected chi connectivity index (χ3v) is 13.4. The van der Waals surface area contributed by atoms with Gasteiger partial charge in [-0.15, -0.1) is 12.4 Å². The lowest BCUT2D eigenvalue weighted by molar-refractivity contribution is -0.147. The van der Waals surface area contributed by atoms with Gasteiger partial charge < -0.3 is 78.7 Å². The first-order chi connectivity index (χ1) is 39.4. The number of nitrogens with two attached hydrogens (primary N) is 1.